The number of nitrogens with two attached hydrogens (primary N) is 2. The summed E-state index contributed by atoms with van der Waals surface area (Å²) in [7, 11) is 1.58. The van der Waals surface area contributed by atoms with Crippen molar-refractivity contribution < 1.29 is 86.6 Å². The van der Waals surface area contributed by atoms with Gasteiger partial charge in [0, 0.05) is 87.5 Å². The van der Waals surface area contributed by atoms with Crippen LogP contribution < -0.4 is 80.6 Å². The quantitative estimate of drug-likeness (QED) is 0.0234. The van der Waals surface area contributed by atoms with Crippen LogP contribution in [0.3, 0.4) is 0 Å². The van der Waals surface area contributed by atoms with Gasteiger partial charge in [-0.1, -0.05) is 110 Å². The van der Waals surface area contributed by atoms with Crippen LogP contribution in [0, 0.1) is 5.92 Å². The van der Waals surface area contributed by atoms with Crippen molar-refractivity contribution in [1.29, 1.82) is 0 Å². The van der Waals surface area contributed by atoms with Gasteiger partial charge in [0.1, 0.15) is 66.5 Å². The summed E-state index contributed by atoms with van der Waals surface area (Å²) < 4.78 is 5.32. The predicted octanol–water partition coefficient (Wildman–Crippen LogP) is 0.620. The molecule has 2 fully saturated rings. The first-order valence-electron chi connectivity index (χ1n) is 39.1. The number of esters is 1. The molecule has 5 aromatic carbocycles. The van der Waals surface area contributed by atoms with Gasteiger partial charge in [0.2, 0.25) is 76.8 Å². The van der Waals surface area contributed by atoms with Crippen molar-refractivity contribution in [2.75, 3.05) is 43.9 Å². The number of amides is 17. The fraction of sp³-hybridized carbons (Fsp3) is 0.410. The lowest BCUT2D eigenvalue weighted by Crippen LogP contribution is -2.62. The van der Waals surface area contributed by atoms with E-state index in [0.29, 0.717) is 33.7 Å². The molecule has 2 aliphatic rings. The van der Waals surface area contributed by atoms with Crippen molar-refractivity contribution in [3.63, 3.8) is 0 Å². The smallest absolute Gasteiger partial charge is 0.322 e. The number of carbonyl (C=O) groups excluding carboxylic acids is 16. The van der Waals surface area contributed by atoms with E-state index in [0.717, 1.165) is 10.8 Å². The van der Waals surface area contributed by atoms with Crippen molar-refractivity contribution >= 4 is 129 Å². The van der Waals surface area contributed by atoms with E-state index in [1.165, 1.54) is 79.7 Å². The van der Waals surface area contributed by atoms with Gasteiger partial charge < -0.3 is 94.9 Å². The Labute approximate surface area is 697 Å². The molecule has 0 unspecified atom stereocenters. The highest BCUT2D eigenvalue weighted by Gasteiger charge is 2.41. The third kappa shape index (κ3) is 29.0. The molecule has 3 heterocycles. The number of anilines is 2. The molecule has 18 N–H and O–H groups in total. The molecule has 1 aromatic heterocycles. The number of aromatic nitrogens is 1. The number of hydrogen-bond donors (Lipinski definition) is 16. The normalized spacial score (nSPS) is 16.0. The summed E-state index contributed by atoms with van der Waals surface area (Å²) in [6.45, 7) is 8.13. The Morgan fingerprint density at radius 3 is 1.56 bits per heavy atom. The number of carbonyl (C=O) groups is 16. The highest BCUT2D eigenvalue weighted by atomic mass is 35.5. The lowest BCUT2D eigenvalue weighted by Gasteiger charge is -2.32. The fourth-order valence-electron chi connectivity index (χ4n) is 13.4. The second-order valence-corrected chi connectivity index (χ2v) is 30.6. The zero-order chi connectivity index (χ0) is 87.4. The standard InChI is InChI=1S/C83H103ClN18O18/c1-45(2)34-59(73(109)97-66(43-101(7)33-30-70(106)120-46(3)4)81(117)102-32-11-15-68(102)80(116)88-47(5)71(85)107)92-75(111)62(37-51-21-28-58(29-22-51)91-82(86)118)94-77(113)63(38-50-19-26-57(27-20-50)90-72(108)65-41-69(105)100-83(119)99-65)96-79(115)67(44-103)98-78(114)64(40-53-12-10-31-87-42-53)95-76(112)61(36-49-17-24-56(84)25-18-49)93-74(110)60(89-48(6)104)39-52-16-23-54-13-8-9-14-55(54)35-52/h8-10,12-14,16-29,31,35,42,45-47,59-68,103H,11,15,30,32-34,36-41,43-44H2,1-7H3,(H2,85,107)(H,88,116)(H,89,104)(H,90,108)(H,92,111)(H,93,110)(H,94,113)(H,95,112)(H,96,115)(H,97,109)(H,98,114)(H3,86,91,118)(H2,99,100,105,119)/t47-,59+,60-,61-,62+,63+,64+,65+,66+,67+,68+/m1/s1. The van der Waals surface area contributed by atoms with Crippen LogP contribution in [0.1, 0.15) is 101 Å². The van der Waals surface area contributed by atoms with Gasteiger partial charge in [-0.3, -0.25) is 77.4 Å². The van der Waals surface area contributed by atoms with Crippen LogP contribution in [0.5, 0.6) is 0 Å². The summed E-state index contributed by atoms with van der Waals surface area (Å²) in [4.78, 5) is 228. The van der Waals surface area contributed by atoms with Crippen molar-refractivity contribution in [3.05, 3.63) is 173 Å². The number of ether oxygens (including phenoxy) is 1. The minimum absolute atomic E-state index is 0.00524. The average molecular weight is 1680 g/mol. The number of imide groups is 1. The lowest BCUT2D eigenvalue weighted by atomic mass is 9.99. The summed E-state index contributed by atoms with van der Waals surface area (Å²) in [5, 5.41) is 46.8. The summed E-state index contributed by atoms with van der Waals surface area (Å²) in [5.74, 6) is -12.1. The summed E-state index contributed by atoms with van der Waals surface area (Å²) in [6, 6.07) is 16.2. The molecule has 2 saturated heterocycles. The van der Waals surface area contributed by atoms with E-state index in [1.807, 2.05) is 41.7 Å². The van der Waals surface area contributed by atoms with Crippen LogP contribution in [0.2, 0.25) is 5.02 Å². The Hall–Kier alpha value is -13.0. The SMILES string of the molecule is CC(=O)N[C@H](Cc1ccc2ccccc2c1)C(=O)N[C@H](Cc1ccc(Cl)cc1)C(=O)N[C@@H](Cc1cccnc1)C(=O)N[C@@H](CO)C(=O)N[C@@H](Cc1ccc(NC(=O)[C@@H]2CC(=O)NC(=O)N2)cc1)C(=O)N[C@@H](Cc1ccc(NC(N)=O)cc1)C(=O)N[C@@H](CC(C)C)C(=O)N[C@@H](CN(C)CCC(=O)OC(C)C)C(=O)N1CCC[C@H]1C(=O)N[C@H](C)C(N)=O. The number of fused-ring (bicyclic) bond motifs is 1. The number of benzene rings is 5. The molecule has 0 saturated carbocycles. The molecule has 17 amide bonds. The summed E-state index contributed by atoms with van der Waals surface area (Å²) >= 11 is 6.27. The highest BCUT2D eigenvalue weighted by molar-refractivity contribution is 6.30. The molecule has 640 valence electrons. The van der Waals surface area contributed by atoms with Crippen LogP contribution in [0.4, 0.5) is 21.0 Å². The van der Waals surface area contributed by atoms with Gasteiger partial charge in [-0.25, -0.2) is 9.59 Å². The number of aliphatic hydroxyl groups excluding tert-OH is 1. The Bertz CT molecular complexity index is 4680. The molecular formula is C83H103ClN18O18. The second kappa shape index (κ2) is 44.6. The molecule has 0 bridgehead atoms. The van der Waals surface area contributed by atoms with Gasteiger partial charge in [-0.15, -0.1) is 0 Å². The number of aliphatic hydroxyl groups is 1. The summed E-state index contributed by atoms with van der Waals surface area (Å²) in [6.07, 6.45) is 1.02. The van der Waals surface area contributed by atoms with E-state index < -0.39 is 180 Å². The second-order valence-electron chi connectivity index (χ2n) is 30.2. The maximum Gasteiger partial charge on any atom is 0.322 e. The third-order valence-corrected chi connectivity index (χ3v) is 19.8. The summed E-state index contributed by atoms with van der Waals surface area (Å²) in [5.41, 5.74) is 13.4. The molecule has 0 aliphatic carbocycles. The van der Waals surface area contributed by atoms with Crippen LogP contribution in [-0.2, 0) is 104 Å². The van der Waals surface area contributed by atoms with Crippen molar-refractivity contribution in [2.24, 2.45) is 17.4 Å². The molecular weight excluding hydrogens is 1570 g/mol. The fourth-order valence-corrected chi connectivity index (χ4v) is 13.6. The largest absolute Gasteiger partial charge is 0.463 e. The van der Waals surface area contributed by atoms with E-state index >= 15 is 28.8 Å². The number of nitrogens with zero attached hydrogens (tertiary/aromatic N) is 3. The number of primary amides is 2. The van der Waals surface area contributed by atoms with Crippen molar-refractivity contribution in [1.82, 2.24) is 73.3 Å². The predicted molar refractivity (Wildman–Crippen MR) is 440 cm³/mol. The molecule has 0 radical (unpaired) electrons. The first-order chi connectivity index (χ1) is 57.1. The third-order valence-electron chi connectivity index (χ3n) is 19.5. The van der Waals surface area contributed by atoms with Crippen LogP contribution in [0.15, 0.2) is 140 Å². The molecule has 37 heteroatoms. The Balaban J connectivity index is 1.11. The molecule has 120 heavy (non-hydrogen) atoms. The van der Waals surface area contributed by atoms with Gasteiger partial charge in [-0.05, 0) is 134 Å². The number of nitrogens with one attached hydrogen (secondary N) is 13. The zero-order valence-electron chi connectivity index (χ0n) is 67.4. The van der Waals surface area contributed by atoms with Crippen molar-refractivity contribution in [2.45, 2.75) is 178 Å². The zero-order valence-corrected chi connectivity index (χ0v) is 68.2. The number of likely N-dealkylation sites (tertiary alicyclic amines) is 1. The maximum atomic E-state index is 15.5. The number of hydrogen-bond acceptors (Lipinski definition) is 20. The first kappa shape index (κ1) is 92.5. The van der Waals surface area contributed by atoms with Gasteiger partial charge in [0.05, 0.1) is 25.6 Å². The first-order valence-corrected chi connectivity index (χ1v) is 39.5. The van der Waals surface area contributed by atoms with E-state index in [1.54, 1.807) is 82.1 Å². The van der Waals surface area contributed by atoms with E-state index in [-0.39, 0.29) is 93.9 Å². The Morgan fingerprint density at radius 1 is 0.567 bits per heavy atom. The molecule has 2 aliphatic heterocycles. The monoisotopic (exact) mass is 1670 g/mol. The van der Waals surface area contributed by atoms with E-state index in [4.69, 9.17) is 27.8 Å². The minimum Gasteiger partial charge on any atom is -0.463 e. The van der Waals surface area contributed by atoms with Gasteiger partial charge in [-0.2, -0.15) is 0 Å². The van der Waals surface area contributed by atoms with Crippen LogP contribution in [0.25, 0.3) is 10.8 Å². The lowest BCUT2D eigenvalue weighted by molar-refractivity contribution is -0.148. The Kier molecular flexibility index (Phi) is 34.4. The number of urea groups is 2. The Morgan fingerprint density at radius 2 is 1.05 bits per heavy atom. The molecule has 11 atom stereocenters. The van der Waals surface area contributed by atoms with Crippen LogP contribution >= 0.6 is 11.6 Å². The minimum atomic E-state index is -1.95. The number of pyridine rings is 1. The average Bonchev–Trinajstić information content (AvgIpc) is 1.62. The van der Waals surface area contributed by atoms with Crippen molar-refractivity contribution in [3.8, 4) is 0 Å². The molecule has 0 spiro atoms. The van der Waals surface area contributed by atoms with E-state index in [9.17, 15) is 53.1 Å². The number of likely N-dealkylation sites (N-methyl/N-ethyl adjacent to an activating group) is 1. The molecule has 8 rings (SSSR count). The highest BCUT2D eigenvalue weighted by Crippen LogP contribution is 2.23. The topological polar surface area (TPSA) is 530 Å². The maximum absolute atomic E-state index is 15.5. The van der Waals surface area contributed by atoms with Gasteiger partial charge in [0.25, 0.3) is 0 Å². The molecule has 6 aromatic rings. The van der Waals surface area contributed by atoms with Gasteiger partial charge in [0.15, 0.2) is 0 Å². The van der Waals surface area contributed by atoms with Crippen LogP contribution in [-0.4, -0.2) is 221 Å². The van der Waals surface area contributed by atoms with Gasteiger partial charge >= 0.3 is 18.0 Å². The number of halogens is 1. The number of rotatable bonds is 41. The van der Waals surface area contributed by atoms with E-state index in [2.05, 4.69) is 68.8 Å². The molecule has 36 nitrogen and oxygen atoms in total.